The van der Waals surface area contributed by atoms with Crippen LogP contribution in [0.25, 0.3) is 0 Å². The molecule has 0 radical (unpaired) electrons. The van der Waals surface area contributed by atoms with Crippen LogP contribution in [-0.4, -0.2) is 60.1 Å². The number of carbonyl (C=O) groups excluding carboxylic acids is 2. The third-order valence-electron chi connectivity index (χ3n) is 5.46. The van der Waals surface area contributed by atoms with Crippen molar-refractivity contribution in [3.05, 3.63) is 57.6 Å². The lowest BCUT2D eigenvalue weighted by Gasteiger charge is -2.36. The monoisotopic (exact) mass is 460 g/mol. The lowest BCUT2D eigenvalue weighted by Crippen LogP contribution is -2.49. The molecule has 2 aliphatic rings. The summed E-state index contributed by atoms with van der Waals surface area (Å²) in [4.78, 5) is 42.4. The molecule has 31 heavy (non-hydrogen) atoms. The molecule has 2 aromatic rings. The minimum atomic E-state index is -0.440. The highest BCUT2D eigenvalue weighted by Gasteiger charge is 2.28. The molecule has 1 fully saturated rings. The summed E-state index contributed by atoms with van der Waals surface area (Å²) in [6.07, 6.45) is 0.242. The van der Waals surface area contributed by atoms with Crippen LogP contribution >= 0.6 is 23.4 Å². The molecular weight excluding hydrogens is 440 g/mol. The van der Waals surface area contributed by atoms with E-state index in [2.05, 4.69) is 0 Å². The molecule has 0 bridgehead atoms. The lowest BCUT2D eigenvalue weighted by molar-refractivity contribution is -0.384. The van der Waals surface area contributed by atoms with Gasteiger partial charge in [0.05, 0.1) is 16.4 Å². The van der Waals surface area contributed by atoms with Crippen LogP contribution in [0, 0.1) is 10.1 Å². The van der Waals surface area contributed by atoms with Crippen molar-refractivity contribution in [1.29, 1.82) is 0 Å². The average Bonchev–Trinajstić information content (AvgIpc) is 2.78. The van der Waals surface area contributed by atoms with Gasteiger partial charge < -0.3 is 14.7 Å². The van der Waals surface area contributed by atoms with Crippen molar-refractivity contribution in [3.63, 3.8) is 0 Å². The predicted molar refractivity (Wildman–Crippen MR) is 121 cm³/mol. The van der Waals surface area contributed by atoms with Gasteiger partial charge in [0.15, 0.2) is 0 Å². The Balaban J connectivity index is 1.35. The number of amides is 2. The number of para-hydroxylation sites is 1. The molecule has 162 valence electrons. The maximum atomic E-state index is 12.8. The number of benzene rings is 2. The van der Waals surface area contributed by atoms with E-state index >= 15 is 0 Å². The Kier molecular flexibility index (Phi) is 6.33. The van der Waals surface area contributed by atoms with E-state index in [1.807, 2.05) is 29.2 Å². The van der Waals surface area contributed by atoms with Crippen molar-refractivity contribution in [1.82, 2.24) is 4.90 Å². The van der Waals surface area contributed by atoms with Gasteiger partial charge in [-0.2, -0.15) is 0 Å². The molecule has 0 N–H and O–H groups in total. The summed E-state index contributed by atoms with van der Waals surface area (Å²) >= 11 is 7.42. The van der Waals surface area contributed by atoms with Crippen LogP contribution in [0.3, 0.4) is 0 Å². The van der Waals surface area contributed by atoms with Gasteiger partial charge in [-0.1, -0.05) is 23.7 Å². The highest BCUT2D eigenvalue weighted by molar-refractivity contribution is 8.00. The Hall–Kier alpha value is -2.78. The molecule has 0 unspecified atom stereocenters. The number of nitro groups is 1. The molecule has 4 rings (SSSR count). The number of nitrogens with zero attached hydrogens (tertiary/aromatic N) is 4. The molecule has 0 aliphatic carbocycles. The van der Waals surface area contributed by atoms with Gasteiger partial charge in [0.1, 0.15) is 5.69 Å². The van der Waals surface area contributed by atoms with Crippen molar-refractivity contribution in [2.75, 3.05) is 48.3 Å². The Bertz CT molecular complexity index is 1030. The molecule has 2 aliphatic heterocycles. The minimum Gasteiger partial charge on any atom is -0.362 e. The first kappa shape index (κ1) is 21.5. The van der Waals surface area contributed by atoms with Crippen LogP contribution < -0.4 is 9.80 Å². The summed E-state index contributed by atoms with van der Waals surface area (Å²) in [7, 11) is 0. The van der Waals surface area contributed by atoms with Gasteiger partial charge in [0.25, 0.3) is 5.69 Å². The van der Waals surface area contributed by atoms with E-state index in [0.29, 0.717) is 49.2 Å². The number of hydrogen-bond donors (Lipinski definition) is 0. The normalized spacial score (nSPS) is 16.3. The lowest BCUT2D eigenvalue weighted by atomic mass is 10.2. The number of rotatable bonds is 5. The van der Waals surface area contributed by atoms with Crippen molar-refractivity contribution in [3.8, 4) is 0 Å². The van der Waals surface area contributed by atoms with Crippen molar-refractivity contribution in [2.24, 2.45) is 0 Å². The maximum Gasteiger partial charge on any atom is 0.294 e. The van der Waals surface area contributed by atoms with E-state index in [9.17, 15) is 19.7 Å². The van der Waals surface area contributed by atoms with Crippen molar-refractivity contribution >= 4 is 52.2 Å². The van der Waals surface area contributed by atoms with Gasteiger partial charge >= 0.3 is 0 Å². The first-order valence-corrected chi connectivity index (χ1v) is 11.3. The number of anilines is 2. The van der Waals surface area contributed by atoms with E-state index in [1.54, 1.807) is 21.9 Å². The van der Waals surface area contributed by atoms with E-state index in [-0.39, 0.29) is 23.9 Å². The summed E-state index contributed by atoms with van der Waals surface area (Å²) in [6, 6.07) is 12.3. The Labute approximate surface area is 188 Å². The van der Waals surface area contributed by atoms with Gasteiger partial charge in [-0.05, 0) is 24.3 Å². The molecular formula is C21H21ClN4O4S. The van der Waals surface area contributed by atoms with E-state index in [1.165, 1.54) is 17.8 Å². The number of thioether (sulfide) groups is 1. The second-order valence-corrected chi connectivity index (χ2v) is 8.76. The molecule has 2 amide bonds. The summed E-state index contributed by atoms with van der Waals surface area (Å²) < 4.78 is 0. The van der Waals surface area contributed by atoms with Crippen LogP contribution in [0.2, 0.25) is 5.02 Å². The van der Waals surface area contributed by atoms with Crippen LogP contribution in [0.15, 0.2) is 47.4 Å². The second kappa shape index (κ2) is 9.15. The van der Waals surface area contributed by atoms with E-state index in [0.717, 1.165) is 10.6 Å². The van der Waals surface area contributed by atoms with Gasteiger partial charge in [-0.3, -0.25) is 19.7 Å². The van der Waals surface area contributed by atoms with E-state index in [4.69, 9.17) is 11.6 Å². The fourth-order valence-corrected chi connectivity index (χ4v) is 4.97. The topological polar surface area (TPSA) is 87.0 Å². The predicted octanol–water partition coefficient (Wildman–Crippen LogP) is 3.43. The minimum absolute atomic E-state index is 0.0105. The number of nitro benzene ring substituents is 1. The van der Waals surface area contributed by atoms with Gasteiger partial charge in [-0.15, -0.1) is 11.8 Å². The smallest absolute Gasteiger partial charge is 0.294 e. The molecule has 10 heteroatoms. The quantitative estimate of drug-likeness (QED) is 0.502. The molecule has 1 saturated heterocycles. The third-order valence-corrected chi connectivity index (χ3v) is 6.75. The van der Waals surface area contributed by atoms with Crippen LogP contribution in [-0.2, 0) is 9.59 Å². The fraction of sp³-hybridized carbons (Fsp3) is 0.333. The molecule has 0 saturated carbocycles. The number of fused-ring (bicyclic) bond motifs is 1. The molecule has 0 spiro atoms. The highest BCUT2D eigenvalue weighted by atomic mass is 35.5. The van der Waals surface area contributed by atoms with Crippen molar-refractivity contribution < 1.29 is 14.5 Å². The zero-order valence-corrected chi connectivity index (χ0v) is 18.3. The summed E-state index contributed by atoms with van der Waals surface area (Å²) in [5.41, 5.74) is 1.33. The van der Waals surface area contributed by atoms with Crippen molar-refractivity contribution in [2.45, 2.75) is 11.3 Å². The number of carbonyl (C=O) groups is 2. The summed E-state index contributed by atoms with van der Waals surface area (Å²) in [5, 5.41) is 11.7. The molecule has 2 aromatic carbocycles. The zero-order valence-electron chi connectivity index (χ0n) is 16.7. The first-order valence-electron chi connectivity index (χ1n) is 9.93. The van der Waals surface area contributed by atoms with Gasteiger partial charge in [0.2, 0.25) is 11.8 Å². The van der Waals surface area contributed by atoms with E-state index < -0.39 is 4.92 Å². The fourth-order valence-electron chi connectivity index (χ4n) is 3.87. The number of halogens is 1. The zero-order chi connectivity index (χ0) is 22.0. The Morgan fingerprint density at radius 3 is 2.58 bits per heavy atom. The SMILES string of the molecule is O=C(CCN1C(=O)CSc2ccccc21)N1CCN(c2ccc(Cl)cc2[N+](=O)[O-])CC1. The Morgan fingerprint density at radius 1 is 1.10 bits per heavy atom. The largest absolute Gasteiger partial charge is 0.362 e. The summed E-state index contributed by atoms with van der Waals surface area (Å²) in [5.74, 6) is 0.370. The first-order chi connectivity index (χ1) is 14.9. The maximum absolute atomic E-state index is 12.8. The van der Waals surface area contributed by atoms with Crippen LogP contribution in [0.4, 0.5) is 17.1 Å². The van der Waals surface area contributed by atoms with Crippen LogP contribution in [0.1, 0.15) is 6.42 Å². The number of hydrogen-bond acceptors (Lipinski definition) is 6. The molecule has 0 aromatic heterocycles. The molecule has 0 atom stereocenters. The highest BCUT2D eigenvalue weighted by Crippen LogP contribution is 2.35. The standard InChI is InChI=1S/C21H21ClN4O4S/c22-15-5-6-16(18(13-15)26(29)30)23-9-11-24(12-10-23)20(27)7-8-25-17-3-1-2-4-19(17)31-14-21(25)28/h1-6,13H,7-12,14H2. The summed E-state index contributed by atoms with van der Waals surface area (Å²) in [6.45, 7) is 2.28. The van der Waals surface area contributed by atoms with Crippen LogP contribution in [0.5, 0.6) is 0 Å². The average molecular weight is 461 g/mol. The molecule has 2 heterocycles. The Morgan fingerprint density at radius 2 is 1.84 bits per heavy atom. The third kappa shape index (κ3) is 4.62. The van der Waals surface area contributed by atoms with Gasteiger partial charge in [0, 0.05) is 55.1 Å². The number of piperazine rings is 1. The van der Waals surface area contributed by atoms with Gasteiger partial charge in [-0.25, -0.2) is 0 Å². The molecule has 8 nitrogen and oxygen atoms in total. The second-order valence-electron chi connectivity index (χ2n) is 7.31.